The van der Waals surface area contributed by atoms with Gasteiger partial charge in [-0.2, -0.15) is 0 Å². The number of hydrogen-bond acceptors (Lipinski definition) is 11. The van der Waals surface area contributed by atoms with E-state index in [1.54, 1.807) is 6.08 Å². The standard InChI is InChI=1S/C51H96NO12P/c1-3-5-7-9-11-13-15-17-19-20-21-22-23-25-27-29-31-33-35-37-39-44(54)43(41-63-65(61,62)64-51-49(59)47(57)46(56)48(58)50(51)60)52-45(55)40-42(53)38-36-34-32-30-28-26-24-18-16-14-12-10-8-6-4-2/h22-23,29,31,37,39,42-44,46-51,53-54,56-60H,3-21,24-28,30,32-36,38,40-41H2,1-2H3,(H,52,55)(H,61,62)/b23-22+,31-29+,39-37+. The van der Waals surface area contributed by atoms with E-state index in [0.717, 1.165) is 44.9 Å². The Morgan fingerprint density at radius 3 is 1.35 bits per heavy atom. The van der Waals surface area contributed by atoms with Crippen LogP contribution in [-0.4, -0.2) is 108 Å². The van der Waals surface area contributed by atoms with Crippen LogP contribution in [0.1, 0.15) is 219 Å². The number of hydrogen-bond donors (Lipinski definition) is 9. The van der Waals surface area contributed by atoms with Crippen LogP contribution < -0.4 is 5.32 Å². The molecule has 1 fully saturated rings. The summed E-state index contributed by atoms with van der Waals surface area (Å²) < 4.78 is 22.9. The van der Waals surface area contributed by atoms with E-state index in [4.69, 9.17) is 9.05 Å². The number of phosphoric acid groups is 1. The SMILES string of the molecule is CCCCCCCCCCCC/C=C/CC/C=C/CC/C=C/C(O)C(COP(=O)(O)OC1C(O)C(O)C(O)C(O)C1O)NC(=O)CC(O)CCCCCCCCCCCCCCCCC. The lowest BCUT2D eigenvalue weighted by atomic mass is 9.85. The first-order valence-corrected chi connectivity index (χ1v) is 27.5. The highest BCUT2D eigenvalue weighted by Crippen LogP contribution is 2.47. The minimum absolute atomic E-state index is 0.253. The number of aliphatic hydroxyl groups excluding tert-OH is 7. The summed E-state index contributed by atoms with van der Waals surface area (Å²) in [5.41, 5.74) is 0. The Hall–Kier alpha value is -1.48. The summed E-state index contributed by atoms with van der Waals surface area (Å²) in [5.74, 6) is -0.605. The van der Waals surface area contributed by atoms with Crippen molar-refractivity contribution in [2.24, 2.45) is 0 Å². The monoisotopic (exact) mass is 946 g/mol. The van der Waals surface area contributed by atoms with Crippen molar-refractivity contribution in [1.82, 2.24) is 5.32 Å². The molecule has 0 radical (unpaired) electrons. The van der Waals surface area contributed by atoms with Crippen LogP contribution >= 0.6 is 7.82 Å². The van der Waals surface area contributed by atoms with Gasteiger partial charge in [-0.3, -0.25) is 13.8 Å². The van der Waals surface area contributed by atoms with Crippen LogP contribution in [0, 0.1) is 0 Å². The van der Waals surface area contributed by atoms with Crippen molar-refractivity contribution in [2.75, 3.05) is 6.61 Å². The summed E-state index contributed by atoms with van der Waals surface area (Å²) >= 11 is 0. The molecule has 0 aromatic rings. The van der Waals surface area contributed by atoms with Gasteiger partial charge in [0.2, 0.25) is 5.91 Å². The van der Waals surface area contributed by atoms with E-state index in [9.17, 15) is 50.0 Å². The van der Waals surface area contributed by atoms with E-state index in [2.05, 4.69) is 43.5 Å². The Bertz CT molecular complexity index is 1250. The van der Waals surface area contributed by atoms with Gasteiger partial charge >= 0.3 is 7.82 Å². The maximum Gasteiger partial charge on any atom is 0.472 e. The lowest BCUT2D eigenvalue weighted by Gasteiger charge is -2.41. The van der Waals surface area contributed by atoms with Crippen LogP contribution in [0.5, 0.6) is 0 Å². The molecule has 1 rings (SSSR count). The fraction of sp³-hybridized carbons (Fsp3) is 0.863. The highest BCUT2D eigenvalue weighted by molar-refractivity contribution is 7.47. The van der Waals surface area contributed by atoms with Gasteiger partial charge in [-0.25, -0.2) is 4.57 Å². The fourth-order valence-corrected chi connectivity index (χ4v) is 9.18. The summed E-state index contributed by atoms with van der Waals surface area (Å²) in [6.07, 6.45) is 33.7. The number of unbranched alkanes of at least 4 members (excludes halogenated alkanes) is 26. The van der Waals surface area contributed by atoms with Crippen LogP contribution in [-0.2, 0) is 18.4 Å². The number of carbonyl (C=O) groups is 1. The van der Waals surface area contributed by atoms with Crippen LogP contribution in [0.4, 0.5) is 0 Å². The molecule has 9 N–H and O–H groups in total. The van der Waals surface area contributed by atoms with Crippen molar-refractivity contribution in [2.45, 2.75) is 274 Å². The molecule has 14 heteroatoms. The van der Waals surface area contributed by atoms with E-state index in [1.165, 1.54) is 141 Å². The first-order chi connectivity index (χ1) is 31.3. The molecule has 65 heavy (non-hydrogen) atoms. The average Bonchev–Trinajstić information content (AvgIpc) is 3.28. The molecule has 0 spiro atoms. The highest BCUT2D eigenvalue weighted by atomic mass is 31.2. The van der Waals surface area contributed by atoms with E-state index in [1.807, 2.05) is 0 Å². The van der Waals surface area contributed by atoms with E-state index in [-0.39, 0.29) is 6.42 Å². The van der Waals surface area contributed by atoms with Gasteiger partial charge in [0.05, 0.1) is 31.3 Å². The molecule has 0 bridgehead atoms. The molecule has 382 valence electrons. The zero-order valence-corrected chi connectivity index (χ0v) is 41.5. The first kappa shape index (κ1) is 61.5. The van der Waals surface area contributed by atoms with Gasteiger partial charge < -0.3 is 46.0 Å². The molecule has 0 saturated heterocycles. The van der Waals surface area contributed by atoms with Crippen LogP contribution in [0.3, 0.4) is 0 Å². The third-order valence-electron chi connectivity index (χ3n) is 12.5. The van der Waals surface area contributed by atoms with Gasteiger partial charge in [-0.05, 0) is 44.9 Å². The Morgan fingerprint density at radius 2 is 0.908 bits per heavy atom. The van der Waals surface area contributed by atoms with Crippen molar-refractivity contribution in [3.63, 3.8) is 0 Å². The number of nitrogens with one attached hydrogen (secondary N) is 1. The zero-order valence-electron chi connectivity index (χ0n) is 40.7. The Balaban J connectivity index is 2.53. The molecular weight excluding hydrogens is 850 g/mol. The second kappa shape index (κ2) is 40.4. The smallest absolute Gasteiger partial charge is 0.393 e. The van der Waals surface area contributed by atoms with Gasteiger partial charge in [0, 0.05) is 0 Å². The summed E-state index contributed by atoms with van der Waals surface area (Å²) in [6, 6.07) is -1.26. The maximum absolute atomic E-state index is 13.0. The minimum Gasteiger partial charge on any atom is -0.393 e. The Morgan fingerprint density at radius 1 is 0.538 bits per heavy atom. The number of amides is 1. The summed E-state index contributed by atoms with van der Waals surface area (Å²) in [7, 11) is -5.16. The molecule has 0 aromatic carbocycles. The molecule has 8 atom stereocenters. The molecule has 1 aliphatic carbocycles. The van der Waals surface area contributed by atoms with E-state index < -0.39 is 75.2 Å². The van der Waals surface area contributed by atoms with E-state index in [0.29, 0.717) is 19.3 Å². The highest BCUT2D eigenvalue weighted by Gasteiger charge is 2.51. The van der Waals surface area contributed by atoms with Crippen LogP contribution in [0.15, 0.2) is 36.5 Å². The lowest BCUT2D eigenvalue weighted by Crippen LogP contribution is -2.64. The quantitative estimate of drug-likeness (QED) is 0.0158. The van der Waals surface area contributed by atoms with Crippen LogP contribution in [0.2, 0.25) is 0 Å². The third-order valence-corrected chi connectivity index (χ3v) is 13.4. The predicted octanol–water partition coefficient (Wildman–Crippen LogP) is 9.70. The first-order valence-electron chi connectivity index (χ1n) is 26.0. The Labute approximate surface area is 394 Å². The van der Waals surface area contributed by atoms with Gasteiger partial charge in [0.25, 0.3) is 0 Å². The molecule has 13 nitrogen and oxygen atoms in total. The molecule has 1 aliphatic rings. The van der Waals surface area contributed by atoms with Gasteiger partial charge in [0.15, 0.2) is 0 Å². The van der Waals surface area contributed by atoms with Crippen molar-refractivity contribution < 1.29 is 59.0 Å². The molecule has 0 heterocycles. The normalized spacial score (nSPS) is 22.8. The number of carbonyl (C=O) groups excluding carboxylic acids is 1. The zero-order chi connectivity index (χ0) is 48.0. The largest absolute Gasteiger partial charge is 0.472 e. The fourth-order valence-electron chi connectivity index (χ4n) is 8.21. The second-order valence-electron chi connectivity index (χ2n) is 18.5. The number of phosphoric ester groups is 1. The topological polar surface area (TPSA) is 226 Å². The van der Waals surface area contributed by atoms with Gasteiger partial charge in [-0.15, -0.1) is 0 Å². The van der Waals surface area contributed by atoms with Gasteiger partial charge in [0.1, 0.15) is 36.6 Å². The molecule has 0 aromatic heterocycles. The molecule has 1 amide bonds. The number of allylic oxidation sites excluding steroid dienone is 5. The van der Waals surface area contributed by atoms with Crippen LogP contribution in [0.25, 0.3) is 0 Å². The van der Waals surface area contributed by atoms with E-state index >= 15 is 0 Å². The molecular formula is C51H96NO12P. The molecule has 0 aliphatic heterocycles. The third kappa shape index (κ3) is 32.1. The summed E-state index contributed by atoms with van der Waals surface area (Å²) in [4.78, 5) is 23.5. The van der Waals surface area contributed by atoms with Crippen molar-refractivity contribution >= 4 is 13.7 Å². The number of aliphatic hydroxyl groups is 7. The minimum atomic E-state index is -5.16. The Kier molecular flexibility index (Phi) is 38.3. The maximum atomic E-state index is 13.0. The summed E-state index contributed by atoms with van der Waals surface area (Å²) in [5, 5.41) is 74.6. The van der Waals surface area contributed by atoms with Gasteiger partial charge in [-0.1, -0.05) is 204 Å². The molecule has 1 saturated carbocycles. The lowest BCUT2D eigenvalue weighted by molar-refractivity contribution is -0.220. The van der Waals surface area contributed by atoms with Crippen molar-refractivity contribution in [3.05, 3.63) is 36.5 Å². The summed E-state index contributed by atoms with van der Waals surface area (Å²) in [6.45, 7) is 3.75. The average molecular weight is 946 g/mol. The predicted molar refractivity (Wildman–Crippen MR) is 261 cm³/mol. The molecule has 8 unspecified atom stereocenters. The van der Waals surface area contributed by atoms with Crippen molar-refractivity contribution in [3.8, 4) is 0 Å². The second-order valence-corrected chi connectivity index (χ2v) is 20.0. The number of rotatable bonds is 43. The van der Waals surface area contributed by atoms with Crippen molar-refractivity contribution in [1.29, 1.82) is 0 Å².